The Hall–Kier alpha value is -1.85. The minimum atomic E-state index is -1.76. The van der Waals surface area contributed by atoms with Crippen LogP contribution in [0.15, 0.2) is 36.4 Å². The van der Waals surface area contributed by atoms with Crippen LogP contribution in [-0.2, 0) is 6.61 Å². The van der Waals surface area contributed by atoms with Gasteiger partial charge in [0.15, 0.2) is 0 Å². The van der Waals surface area contributed by atoms with Crippen LogP contribution in [0.1, 0.15) is 16.7 Å². The van der Waals surface area contributed by atoms with E-state index < -0.39 is 12.9 Å². The fourth-order valence-corrected chi connectivity index (χ4v) is 1.91. The maximum Gasteiger partial charge on any atom is 0.492 e. The Kier molecular flexibility index (Phi) is 4.42. The minimum Gasteiger partial charge on any atom is -0.489 e. The van der Waals surface area contributed by atoms with Crippen molar-refractivity contribution in [2.24, 2.45) is 0 Å². The Balaban J connectivity index is 2.16. The van der Waals surface area contributed by atoms with Gasteiger partial charge in [0.2, 0.25) is 0 Å². The molecular formula is C15H16BFO3. The molecule has 0 radical (unpaired) electrons. The summed E-state index contributed by atoms with van der Waals surface area (Å²) in [5, 5.41) is 18.4. The van der Waals surface area contributed by atoms with E-state index in [1.807, 2.05) is 32.0 Å². The lowest BCUT2D eigenvalue weighted by Gasteiger charge is -2.12. The molecule has 2 rings (SSSR count). The molecular weight excluding hydrogens is 258 g/mol. The highest BCUT2D eigenvalue weighted by Crippen LogP contribution is 2.14. The molecule has 0 spiro atoms. The van der Waals surface area contributed by atoms with Crippen molar-refractivity contribution in [3.63, 3.8) is 0 Å². The number of hydrogen-bond donors (Lipinski definition) is 2. The molecule has 5 heteroatoms. The van der Waals surface area contributed by atoms with E-state index in [1.165, 1.54) is 17.7 Å². The van der Waals surface area contributed by atoms with Crippen LogP contribution in [0.2, 0.25) is 0 Å². The van der Waals surface area contributed by atoms with Gasteiger partial charge in [-0.3, -0.25) is 0 Å². The third-order valence-electron chi connectivity index (χ3n) is 3.22. The third kappa shape index (κ3) is 3.38. The summed E-state index contributed by atoms with van der Waals surface area (Å²) in [5.41, 5.74) is 3.35. The average Bonchev–Trinajstić information content (AvgIpc) is 2.41. The molecule has 0 aromatic heterocycles. The van der Waals surface area contributed by atoms with E-state index in [-0.39, 0.29) is 17.8 Å². The van der Waals surface area contributed by atoms with Gasteiger partial charge in [-0.2, -0.15) is 0 Å². The molecule has 0 saturated heterocycles. The Morgan fingerprint density at radius 1 is 1.05 bits per heavy atom. The highest BCUT2D eigenvalue weighted by Gasteiger charge is 2.18. The van der Waals surface area contributed by atoms with E-state index in [0.717, 1.165) is 17.2 Å². The van der Waals surface area contributed by atoms with E-state index in [2.05, 4.69) is 0 Å². The largest absolute Gasteiger partial charge is 0.492 e. The van der Waals surface area contributed by atoms with E-state index in [0.29, 0.717) is 0 Å². The fourth-order valence-electron chi connectivity index (χ4n) is 1.91. The van der Waals surface area contributed by atoms with Crippen LogP contribution in [0, 0.1) is 19.7 Å². The van der Waals surface area contributed by atoms with Crippen LogP contribution in [0.4, 0.5) is 4.39 Å². The zero-order chi connectivity index (χ0) is 14.7. The molecule has 0 aliphatic carbocycles. The summed E-state index contributed by atoms with van der Waals surface area (Å²) in [4.78, 5) is 0. The smallest absolute Gasteiger partial charge is 0.489 e. The standard InChI is InChI=1S/C15H16BFO3/c1-10-3-4-12(7-11(10)2)9-20-15-6-5-13(17)8-14(15)16(18)19/h3-8,18-19H,9H2,1-2H3. The van der Waals surface area contributed by atoms with Gasteiger partial charge in [0.1, 0.15) is 18.2 Å². The van der Waals surface area contributed by atoms with Gasteiger partial charge in [-0.1, -0.05) is 18.2 Å². The Labute approximate surface area is 117 Å². The number of benzene rings is 2. The van der Waals surface area contributed by atoms with Crippen LogP contribution < -0.4 is 10.2 Å². The quantitative estimate of drug-likeness (QED) is 0.834. The van der Waals surface area contributed by atoms with Crippen molar-refractivity contribution >= 4 is 12.6 Å². The van der Waals surface area contributed by atoms with Crippen molar-refractivity contribution in [3.05, 3.63) is 58.9 Å². The van der Waals surface area contributed by atoms with Crippen LogP contribution in [0.5, 0.6) is 5.75 Å². The predicted octanol–water partition coefficient (Wildman–Crippen LogP) is 1.70. The van der Waals surface area contributed by atoms with Gasteiger partial charge in [0.25, 0.3) is 0 Å². The summed E-state index contributed by atoms with van der Waals surface area (Å²) >= 11 is 0. The second kappa shape index (κ2) is 6.07. The maximum atomic E-state index is 13.1. The normalized spacial score (nSPS) is 10.4. The highest BCUT2D eigenvalue weighted by atomic mass is 19.1. The number of ether oxygens (including phenoxy) is 1. The summed E-state index contributed by atoms with van der Waals surface area (Å²) in [6.07, 6.45) is 0. The second-order valence-corrected chi connectivity index (χ2v) is 4.76. The molecule has 0 heterocycles. The zero-order valence-electron chi connectivity index (χ0n) is 11.4. The van der Waals surface area contributed by atoms with E-state index >= 15 is 0 Å². The van der Waals surface area contributed by atoms with E-state index in [4.69, 9.17) is 4.74 Å². The maximum absolute atomic E-state index is 13.1. The number of hydrogen-bond acceptors (Lipinski definition) is 3. The highest BCUT2D eigenvalue weighted by molar-refractivity contribution is 6.59. The topological polar surface area (TPSA) is 49.7 Å². The summed E-state index contributed by atoms with van der Waals surface area (Å²) in [7, 11) is -1.76. The lowest BCUT2D eigenvalue weighted by molar-refractivity contribution is 0.306. The van der Waals surface area contributed by atoms with Crippen molar-refractivity contribution in [1.82, 2.24) is 0 Å². The number of rotatable bonds is 4. The average molecular weight is 274 g/mol. The molecule has 0 aliphatic rings. The first-order chi connectivity index (χ1) is 9.47. The van der Waals surface area contributed by atoms with Gasteiger partial charge in [0, 0.05) is 5.46 Å². The first-order valence-corrected chi connectivity index (χ1v) is 6.32. The lowest BCUT2D eigenvalue weighted by Crippen LogP contribution is -2.31. The lowest BCUT2D eigenvalue weighted by atomic mass is 9.79. The first-order valence-electron chi connectivity index (χ1n) is 6.32. The summed E-state index contributed by atoms with van der Waals surface area (Å²) in [5.74, 6) is -0.272. The number of halogens is 1. The molecule has 0 atom stereocenters. The van der Waals surface area contributed by atoms with Crippen LogP contribution in [0.3, 0.4) is 0 Å². The molecule has 0 aliphatic heterocycles. The Morgan fingerprint density at radius 2 is 1.80 bits per heavy atom. The first kappa shape index (κ1) is 14.6. The predicted molar refractivity (Wildman–Crippen MR) is 76.5 cm³/mol. The van der Waals surface area contributed by atoms with Crippen molar-refractivity contribution in [2.75, 3.05) is 0 Å². The Morgan fingerprint density at radius 3 is 2.45 bits per heavy atom. The van der Waals surface area contributed by atoms with E-state index in [9.17, 15) is 14.4 Å². The van der Waals surface area contributed by atoms with Gasteiger partial charge < -0.3 is 14.8 Å². The van der Waals surface area contributed by atoms with Crippen LogP contribution in [-0.4, -0.2) is 17.2 Å². The molecule has 0 bridgehead atoms. The van der Waals surface area contributed by atoms with Crippen molar-refractivity contribution in [1.29, 1.82) is 0 Å². The zero-order valence-corrected chi connectivity index (χ0v) is 11.4. The van der Waals surface area contributed by atoms with Gasteiger partial charge in [-0.05, 0) is 48.7 Å². The van der Waals surface area contributed by atoms with Crippen molar-refractivity contribution in [2.45, 2.75) is 20.5 Å². The molecule has 0 fully saturated rings. The molecule has 2 N–H and O–H groups in total. The molecule has 104 valence electrons. The number of aryl methyl sites for hydroxylation is 2. The monoisotopic (exact) mass is 274 g/mol. The van der Waals surface area contributed by atoms with E-state index in [1.54, 1.807) is 0 Å². The minimum absolute atomic E-state index is 0.0221. The molecule has 3 nitrogen and oxygen atoms in total. The summed E-state index contributed by atoms with van der Waals surface area (Å²) in [6.45, 7) is 4.33. The van der Waals surface area contributed by atoms with Gasteiger partial charge in [-0.15, -0.1) is 0 Å². The van der Waals surface area contributed by atoms with Crippen LogP contribution >= 0.6 is 0 Å². The molecule has 0 unspecified atom stereocenters. The third-order valence-corrected chi connectivity index (χ3v) is 3.22. The molecule has 2 aromatic carbocycles. The molecule has 2 aromatic rings. The fraction of sp³-hybridized carbons (Fsp3) is 0.200. The molecule has 0 amide bonds. The van der Waals surface area contributed by atoms with Crippen LogP contribution in [0.25, 0.3) is 0 Å². The summed E-state index contributed by atoms with van der Waals surface area (Å²) < 4.78 is 18.6. The Bertz CT molecular complexity index is 614. The van der Waals surface area contributed by atoms with Gasteiger partial charge in [0.05, 0.1) is 0 Å². The molecule has 0 saturated carbocycles. The van der Waals surface area contributed by atoms with Crippen molar-refractivity contribution < 1.29 is 19.2 Å². The van der Waals surface area contributed by atoms with Crippen molar-refractivity contribution in [3.8, 4) is 5.75 Å². The SMILES string of the molecule is Cc1ccc(COc2ccc(F)cc2B(O)O)cc1C. The second-order valence-electron chi connectivity index (χ2n) is 4.76. The van der Waals surface area contributed by atoms with Gasteiger partial charge >= 0.3 is 7.12 Å². The summed E-state index contributed by atoms with van der Waals surface area (Å²) in [6, 6.07) is 9.63. The molecule has 20 heavy (non-hydrogen) atoms. The van der Waals surface area contributed by atoms with Gasteiger partial charge in [-0.25, -0.2) is 4.39 Å².